The lowest BCUT2D eigenvalue weighted by Gasteiger charge is -2.42. The Morgan fingerprint density at radius 2 is 2.08 bits per heavy atom. The van der Waals surface area contributed by atoms with Crippen molar-refractivity contribution in [3.05, 3.63) is 17.2 Å². The Labute approximate surface area is 235 Å². The number of nitrogens with zero attached hydrogens (tertiary/aromatic N) is 5. The number of anilines is 1. The summed E-state index contributed by atoms with van der Waals surface area (Å²) in [7, 11) is 0. The van der Waals surface area contributed by atoms with Crippen LogP contribution in [0.25, 0.3) is 10.9 Å². The Morgan fingerprint density at radius 1 is 1.27 bits per heavy atom. The smallest absolute Gasteiger partial charge is 0.407 e. The average Bonchev–Trinajstić information content (AvgIpc) is 3.51. The Balaban J connectivity index is 1.30. The number of pyridine rings is 1. The van der Waals surface area contributed by atoms with Crippen LogP contribution in [0.5, 0.6) is 6.01 Å². The molecule has 6 rings (SSSR count). The zero-order chi connectivity index (χ0) is 28.4. The molecule has 4 saturated heterocycles. The molecule has 6 atom stereocenters. The number of nitrogens with one attached hydrogen (secondary N) is 1. The summed E-state index contributed by atoms with van der Waals surface area (Å²) in [6.45, 7) is 6.58. The lowest BCUT2D eigenvalue weighted by Crippen LogP contribution is -2.58. The zero-order valence-corrected chi connectivity index (χ0v) is 23.6. The fourth-order valence-electron chi connectivity index (χ4n) is 6.98. The number of amides is 1. The monoisotopic (exact) mass is 582 g/mol. The number of hydrogen-bond acceptors (Lipinski definition) is 8. The number of carbonyl (C=O) groups excluding carboxylic acids is 1. The zero-order valence-electron chi connectivity index (χ0n) is 22.8. The lowest BCUT2D eigenvalue weighted by molar-refractivity contribution is 0.0447. The van der Waals surface area contributed by atoms with E-state index in [1.165, 1.54) is 6.20 Å². The molecule has 0 unspecified atom stereocenters. The first-order chi connectivity index (χ1) is 18.9. The van der Waals surface area contributed by atoms with Gasteiger partial charge < -0.3 is 19.7 Å². The molecule has 0 aliphatic carbocycles. The molecule has 6 heterocycles. The number of carbonyl (C=O) groups is 1. The fourth-order valence-corrected chi connectivity index (χ4v) is 7.12. The number of fused-ring (bicyclic) bond motifs is 4. The second-order valence-corrected chi connectivity index (χ2v) is 12.8. The van der Waals surface area contributed by atoms with Crippen molar-refractivity contribution in [3.63, 3.8) is 0 Å². The third kappa shape index (κ3) is 4.91. The number of hydrogen-bond donors (Lipinski definition) is 1. The number of alkyl carbamates (subject to hydrolysis) is 1. The minimum absolute atomic E-state index is 0.0700. The van der Waals surface area contributed by atoms with Gasteiger partial charge in [0.05, 0.1) is 23.0 Å². The van der Waals surface area contributed by atoms with Crippen molar-refractivity contribution in [1.29, 1.82) is 0 Å². The molecule has 2 aromatic rings. The van der Waals surface area contributed by atoms with Gasteiger partial charge in [0.1, 0.15) is 35.9 Å². The summed E-state index contributed by atoms with van der Waals surface area (Å²) in [6.07, 6.45) is 2.00. The largest absolute Gasteiger partial charge is 0.461 e. The first-order valence-electron chi connectivity index (χ1n) is 13.9. The number of ether oxygens (including phenoxy) is 2. The van der Waals surface area contributed by atoms with Crippen LogP contribution in [0.1, 0.15) is 59.3 Å². The van der Waals surface area contributed by atoms with Crippen LogP contribution >= 0.6 is 11.6 Å². The highest BCUT2D eigenvalue weighted by Gasteiger charge is 2.51. The van der Waals surface area contributed by atoms with Crippen molar-refractivity contribution in [2.75, 3.05) is 24.6 Å². The number of halogens is 4. The van der Waals surface area contributed by atoms with Gasteiger partial charge in [0.15, 0.2) is 11.0 Å². The molecule has 4 aliphatic rings. The number of alkyl halides is 2. The van der Waals surface area contributed by atoms with E-state index in [2.05, 4.69) is 25.2 Å². The molecule has 4 aliphatic heterocycles. The molecule has 4 fully saturated rings. The van der Waals surface area contributed by atoms with Gasteiger partial charge in [-0.3, -0.25) is 4.90 Å². The van der Waals surface area contributed by atoms with Gasteiger partial charge in [-0.05, 0) is 59.4 Å². The van der Waals surface area contributed by atoms with Crippen molar-refractivity contribution in [2.24, 2.45) is 0 Å². The summed E-state index contributed by atoms with van der Waals surface area (Å²) < 4.78 is 56.8. The molecule has 218 valence electrons. The van der Waals surface area contributed by atoms with Crippen LogP contribution in [0.2, 0.25) is 5.15 Å². The number of piperidine rings is 1. The topological polar surface area (TPSA) is 92.7 Å². The van der Waals surface area contributed by atoms with Crippen molar-refractivity contribution in [2.45, 2.75) is 101 Å². The van der Waals surface area contributed by atoms with E-state index >= 15 is 8.78 Å². The Hall–Kier alpha value is -2.60. The molecule has 0 spiro atoms. The summed E-state index contributed by atoms with van der Waals surface area (Å²) in [5.74, 6) is -0.506. The molecular weight excluding hydrogens is 549 g/mol. The van der Waals surface area contributed by atoms with Crippen LogP contribution in [0.3, 0.4) is 0 Å². The standard InChI is InChI=1S/C27H34ClF3N6O3/c1-26(2,3)40-25(38)33-17-9-15-5-6-18(19(17)30)37(15)23-16-11-32-22(28)20(31)21(16)34-24(35-23)39-13-27-7-4-8-36(27)12-14(29)10-27/h11,14-15,17-19H,4-10,12-13H2,1-3H3,(H,33,38)/t14-,15+,17+,18+,19-,27+/m1/s1. The normalized spacial score (nSPS) is 32.0. The van der Waals surface area contributed by atoms with Crippen LogP contribution < -0.4 is 15.0 Å². The minimum Gasteiger partial charge on any atom is -0.461 e. The van der Waals surface area contributed by atoms with Gasteiger partial charge in [-0.1, -0.05) is 11.6 Å². The Bertz CT molecular complexity index is 1310. The van der Waals surface area contributed by atoms with Crippen molar-refractivity contribution in [1.82, 2.24) is 25.2 Å². The number of aromatic nitrogens is 3. The van der Waals surface area contributed by atoms with Gasteiger partial charge >= 0.3 is 12.1 Å². The van der Waals surface area contributed by atoms with Gasteiger partial charge in [-0.25, -0.2) is 22.9 Å². The summed E-state index contributed by atoms with van der Waals surface area (Å²) in [5, 5.41) is 2.65. The molecule has 1 amide bonds. The van der Waals surface area contributed by atoms with Gasteiger partial charge in [-0.15, -0.1) is 0 Å². The maximum Gasteiger partial charge on any atom is 0.407 e. The van der Waals surface area contributed by atoms with Crippen molar-refractivity contribution < 1.29 is 27.4 Å². The summed E-state index contributed by atoms with van der Waals surface area (Å²) in [5.41, 5.74) is -1.22. The van der Waals surface area contributed by atoms with E-state index in [1.807, 2.05) is 4.90 Å². The quantitative estimate of drug-likeness (QED) is 0.505. The molecule has 13 heteroatoms. The summed E-state index contributed by atoms with van der Waals surface area (Å²) >= 11 is 5.99. The van der Waals surface area contributed by atoms with E-state index in [4.69, 9.17) is 21.1 Å². The van der Waals surface area contributed by atoms with Crippen LogP contribution in [-0.4, -0.2) is 87.3 Å². The van der Waals surface area contributed by atoms with Crippen molar-refractivity contribution >= 4 is 34.4 Å². The van der Waals surface area contributed by atoms with Gasteiger partial charge in [-0.2, -0.15) is 9.97 Å². The molecule has 1 N–H and O–H groups in total. The third-order valence-corrected chi connectivity index (χ3v) is 8.87. The Kier molecular flexibility index (Phi) is 6.92. The Morgan fingerprint density at radius 3 is 2.85 bits per heavy atom. The molecule has 9 nitrogen and oxygen atoms in total. The highest BCUT2D eigenvalue weighted by Crippen LogP contribution is 2.44. The highest BCUT2D eigenvalue weighted by atomic mass is 35.5. The van der Waals surface area contributed by atoms with E-state index in [0.29, 0.717) is 43.4 Å². The predicted molar refractivity (Wildman–Crippen MR) is 143 cm³/mol. The molecule has 0 aromatic carbocycles. The first kappa shape index (κ1) is 27.6. The van der Waals surface area contributed by atoms with Crippen LogP contribution in [0, 0.1) is 5.82 Å². The molecule has 40 heavy (non-hydrogen) atoms. The maximum atomic E-state index is 15.9. The second kappa shape index (κ2) is 10.0. The molecular formula is C27H34ClF3N6O3. The molecule has 0 saturated carbocycles. The SMILES string of the molecule is CC(C)(C)OC(=O)N[C@H]1C[C@@H]2CC[C@@H]([C@@H]1F)N2c1nc(OC[C@@]23CCCN2C[C@H](F)C3)nc2c(F)c(Cl)ncc12. The van der Waals surface area contributed by atoms with Crippen molar-refractivity contribution in [3.8, 4) is 6.01 Å². The van der Waals surface area contributed by atoms with Gasteiger partial charge in [0.25, 0.3) is 0 Å². The van der Waals surface area contributed by atoms with E-state index < -0.39 is 47.5 Å². The minimum atomic E-state index is -1.42. The highest BCUT2D eigenvalue weighted by molar-refractivity contribution is 6.30. The molecule has 2 aromatic heterocycles. The third-order valence-electron chi connectivity index (χ3n) is 8.60. The van der Waals surface area contributed by atoms with E-state index in [-0.39, 0.29) is 29.3 Å². The lowest BCUT2D eigenvalue weighted by atomic mass is 9.95. The van der Waals surface area contributed by atoms with Gasteiger partial charge in [0.2, 0.25) is 0 Å². The van der Waals surface area contributed by atoms with E-state index in [1.54, 1.807) is 20.8 Å². The number of rotatable bonds is 5. The van der Waals surface area contributed by atoms with Gasteiger partial charge in [0, 0.05) is 25.2 Å². The van der Waals surface area contributed by atoms with Crippen LogP contribution in [0.4, 0.5) is 23.8 Å². The maximum absolute atomic E-state index is 15.9. The second-order valence-electron chi connectivity index (χ2n) is 12.5. The fraction of sp³-hybridized carbons (Fsp3) is 0.704. The summed E-state index contributed by atoms with van der Waals surface area (Å²) in [4.78, 5) is 29.3. The molecule has 0 radical (unpaired) electrons. The van der Waals surface area contributed by atoms with E-state index in [9.17, 15) is 9.18 Å². The first-order valence-corrected chi connectivity index (χ1v) is 14.3. The van der Waals surface area contributed by atoms with Crippen LogP contribution in [-0.2, 0) is 4.74 Å². The molecule has 2 bridgehead atoms. The predicted octanol–water partition coefficient (Wildman–Crippen LogP) is 4.75. The van der Waals surface area contributed by atoms with Crippen LogP contribution in [0.15, 0.2) is 6.20 Å². The summed E-state index contributed by atoms with van der Waals surface area (Å²) in [6, 6.07) is -1.60. The van der Waals surface area contributed by atoms with E-state index in [0.717, 1.165) is 19.4 Å². The average molecular weight is 583 g/mol.